The summed E-state index contributed by atoms with van der Waals surface area (Å²) in [5.74, 6) is 0. The Labute approximate surface area is 134 Å². The second kappa shape index (κ2) is 5.42. The van der Waals surface area contributed by atoms with Crippen molar-refractivity contribution in [3.63, 3.8) is 0 Å². The summed E-state index contributed by atoms with van der Waals surface area (Å²) in [7, 11) is 0. The van der Waals surface area contributed by atoms with Crippen LogP contribution in [0.4, 0.5) is 0 Å². The van der Waals surface area contributed by atoms with E-state index < -0.39 is 22.7 Å². The van der Waals surface area contributed by atoms with Crippen LogP contribution in [-0.4, -0.2) is 53.9 Å². The van der Waals surface area contributed by atoms with Crippen LogP contribution in [0, 0.1) is 0 Å². The van der Waals surface area contributed by atoms with Gasteiger partial charge in [0.25, 0.3) is 0 Å². The van der Waals surface area contributed by atoms with Crippen molar-refractivity contribution >= 4 is 0 Å². The molecule has 3 unspecified atom stereocenters. The Morgan fingerprint density at radius 1 is 0.818 bits per heavy atom. The zero-order valence-electron chi connectivity index (χ0n) is 15.1. The second-order valence-corrected chi connectivity index (χ2v) is 9.33. The smallest absolute Gasteiger partial charge is 0.0577 e. The van der Waals surface area contributed by atoms with Crippen LogP contribution >= 0.6 is 0 Å². The van der Waals surface area contributed by atoms with Crippen molar-refractivity contribution in [2.24, 2.45) is 0 Å². The molecule has 0 amide bonds. The third-order valence-corrected chi connectivity index (χ3v) is 5.85. The Bertz CT molecular complexity index is 426. The molecule has 0 aromatic heterocycles. The van der Waals surface area contributed by atoms with Gasteiger partial charge in [-0.05, 0) is 80.1 Å². The van der Waals surface area contributed by atoms with E-state index in [2.05, 4.69) is 20.8 Å². The highest BCUT2D eigenvalue weighted by molar-refractivity contribution is 5.05. The molecule has 3 atom stereocenters. The highest BCUT2D eigenvalue weighted by Gasteiger charge is 2.53. The molecule has 3 N–H and O–H groups in total. The van der Waals surface area contributed by atoms with Crippen LogP contribution in [0.2, 0.25) is 0 Å². The zero-order chi connectivity index (χ0) is 17.0. The van der Waals surface area contributed by atoms with E-state index in [-0.39, 0.29) is 5.54 Å². The van der Waals surface area contributed by atoms with Crippen LogP contribution in [0.1, 0.15) is 80.1 Å². The van der Waals surface area contributed by atoms with Gasteiger partial charge < -0.3 is 15.5 Å². The number of hydrogen-bond acceptors (Lipinski definition) is 5. The molecule has 2 heterocycles. The summed E-state index contributed by atoms with van der Waals surface area (Å²) in [6.07, 6.45) is 4.21. The van der Waals surface area contributed by atoms with Crippen molar-refractivity contribution in [3.05, 3.63) is 0 Å². The first-order valence-corrected chi connectivity index (χ1v) is 8.49. The van der Waals surface area contributed by atoms with Gasteiger partial charge >= 0.3 is 0 Å². The third-order valence-electron chi connectivity index (χ3n) is 5.85. The van der Waals surface area contributed by atoms with Crippen LogP contribution in [0.5, 0.6) is 0 Å². The third kappa shape index (κ3) is 3.06. The maximum atomic E-state index is 10.8. The van der Waals surface area contributed by atoms with Crippen molar-refractivity contribution < 1.29 is 15.5 Å². The molecule has 0 spiro atoms. The fraction of sp³-hybridized carbons (Fsp3) is 1.00. The van der Waals surface area contributed by atoms with Crippen molar-refractivity contribution in [2.75, 3.05) is 0 Å². The monoisotopic (exact) mass is 314 g/mol. The van der Waals surface area contributed by atoms with Gasteiger partial charge in [0.05, 0.1) is 6.10 Å². The van der Waals surface area contributed by atoms with Gasteiger partial charge in [-0.15, -0.1) is 0 Å². The molecule has 2 saturated heterocycles. The van der Waals surface area contributed by atoms with Crippen molar-refractivity contribution in [3.8, 4) is 0 Å². The molecule has 0 aliphatic carbocycles. The maximum Gasteiger partial charge on any atom is 0.0577 e. The van der Waals surface area contributed by atoms with E-state index in [0.717, 1.165) is 19.3 Å². The van der Waals surface area contributed by atoms with E-state index in [1.807, 2.05) is 20.8 Å². The SMILES string of the molecule is CC1(C)CCCC(C)(CC2(C)CC(O)CC(C)(C)N2O)N1O. The Kier molecular flexibility index (Phi) is 4.47. The summed E-state index contributed by atoms with van der Waals surface area (Å²) < 4.78 is 0. The normalized spacial score (nSPS) is 43.2. The second-order valence-electron chi connectivity index (χ2n) is 9.33. The molecule has 2 fully saturated rings. The number of rotatable bonds is 2. The number of hydroxylamine groups is 4. The molecule has 5 heteroatoms. The minimum atomic E-state index is -0.551. The Morgan fingerprint density at radius 2 is 1.36 bits per heavy atom. The lowest BCUT2D eigenvalue weighted by Gasteiger charge is -2.58. The van der Waals surface area contributed by atoms with Gasteiger partial charge in [-0.1, -0.05) is 0 Å². The van der Waals surface area contributed by atoms with E-state index in [9.17, 15) is 15.5 Å². The maximum absolute atomic E-state index is 10.8. The predicted octanol–water partition coefficient (Wildman–Crippen LogP) is 3.17. The molecule has 22 heavy (non-hydrogen) atoms. The highest BCUT2D eigenvalue weighted by Crippen LogP contribution is 2.46. The molecule has 2 aliphatic heterocycles. The lowest BCUT2D eigenvalue weighted by molar-refractivity contribution is -0.296. The number of nitrogens with zero attached hydrogens (tertiary/aromatic N) is 2. The molecule has 0 radical (unpaired) electrons. The highest BCUT2D eigenvalue weighted by atomic mass is 16.5. The van der Waals surface area contributed by atoms with Crippen LogP contribution in [0.15, 0.2) is 0 Å². The lowest BCUT2D eigenvalue weighted by Crippen LogP contribution is -2.67. The quantitative estimate of drug-likeness (QED) is 0.730. The van der Waals surface area contributed by atoms with Gasteiger partial charge in [-0.2, -0.15) is 10.1 Å². The summed E-state index contributed by atoms with van der Waals surface area (Å²) >= 11 is 0. The van der Waals surface area contributed by atoms with Crippen LogP contribution in [-0.2, 0) is 0 Å². The van der Waals surface area contributed by atoms with E-state index in [1.54, 1.807) is 0 Å². The predicted molar refractivity (Wildman–Crippen MR) is 85.9 cm³/mol. The van der Waals surface area contributed by atoms with Gasteiger partial charge in [0, 0.05) is 22.2 Å². The number of aliphatic hydroxyl groups excluding tert-OH is 1. The number of hydrogen-bond donors (Lipinski definition) is 3. The van der Waals surface area contributed by atoms with Crippen LogP contribution in [0.25, 0.3) is 0 Å². The minimum Gasteiger partial charge on any atom is -0.393 e. The molecule has 2 rings (SSSR count). The van der Waals surface area contributed by atoms with Gasteiger partial charge in [0.1, 0.15) is 0 Å². The molecule has 0 bridgehead atoms. The van der Waals surface area contributed by atoms with Gasteiger partial charge in [0.2, 0.25) is 0 Å². The van der Waals surface area contributed by atoms with E-state index in [4.69, 9.17) is 0 Å². The average Bonchev–Trinajstić information content (AvgIpc) is 2.32. The largest absolute Gasteiger partial charge is 0.393 e. The summed E-state index contributed by atoms with van der Waals surface area (Å²) in [6.45, 7) is 12.1. The fourth-order valence-corrected chi connectivity index (χ4v) is 5.04. The molecular weight excluding hydrogens is 280 g/mol. The molecular formula is C17H34N2O3. The van der Waals surface area contributed by atoms with E-state index in [1.165, 1.54) is 10.1 Å². The average molecular weight is 314 g/mol. The van der Waals surface area contributed by atoms with Crippen LogP contribution < -0.4 is 0 Å². The molecule has 5 nitrogen and oxygen atoms in total. The van der Waals surface area contributed by atoms with Gasteiger partial charge in [-0.3, -0.25) is 0 Å². The Balaban J connectivity index is 2.27. The first-order valence-electron chi connectivity index (χ1n) is 8.49. The molecule has 2 aliphatic rings. The van der Waals surface area contributed by atoms with Crippen molar-refractivity contribution in [1.29, 1.82) is 0 Å². The number of piperidine rings is 2. The lowest BCUT2D eigenvalue weighted by atomic mass is 9.69. The van der Waals surface area contributed by atoms with E-state index in [0.29, 0.717) is 19.3 Å². The molecule has 130 valence electrons. The molecule has 0 saturated carbocycles. The Morgan fingerprint density at radius 3 is 1.95 bits per heavy atom. The van der Waals surface area contributed by atoms with Crippen LogP contribution in [0.3, 0.4) is 0 Å². The number of aliphatic hydroxyl groups is 1. The molecule has 0 aromatic rings. The van der Waals surface area contributed by atoms with Gasteiger partial charge in [0.15, 0.2) is 0 Å². The molecule has 0 aromatic carbocycles. The minimum absolute atomic E-state index is 0.257. The first-order chi connectivity index (χ1) is 9.82. The summed E-state index contributed by atoms with van der Waals surface area (Å²) in [4.78, 5) is 0. The van der Waals surface area contributed by atoms with Gasteiger partial charge in [-0.25, -0.2) is 0 Å². The first kappa shape index (κ1) is 18.1. The summed E-state index contributed by atoms with van der Waals surface area (Å²) in [6, 6.07) is 0. The summed E-state index contributed by atoms with van der Waals surface area (Å²) in [5, 5.41) is 34.7. The Hall–Kier alpha value is -0.200. The van der Waals surface area contributed by atoms with Crippen molar-refractivity contribution in [2.45, 2.75) is 108 Å². The van der Waals surface area contributed by atoms with E-state index >= 15 is 0 Å². The zero-order valence-corrected chi connectivity index (χ0v) is 15.1. The summed E-state index contributed by atoms with van der Waals surface area (Å²) in [5.41, 5.74) is -1.67. The topological polar surface area (TPSA) is 67.2 Å². The van der Waals surface area contributed by atoms with Crippen molar-refractivity contribution in [1.82, 2.24) is 10.1 Å². The standard InChI is InChI=1S/C17H34N2O3/c1-14(2)8-7-9-16(5,18(14)21)12-17(6)11-13(20)10-15(3,4)19(17)22/h13,20-22H,7-12H2,1-6H3. The fourth-order valence-electron chi connectivity index (χ4n) is 5.04.